The first-order valence-corrected chi connectivity index (χ1v) is 4.65. The van der Waals surface area contributed by atoms with Crippen LogP contribution in [-0.2, 0) is 4.74 Å². The Bertz CT molecular complexity index is 275. The van der Waals surface area contributed by atoms with Crippen molar-refractivity contribution in [2.24, 2.45) is 0 Å². The predicted octanol–water partition coefficient (Wildman–Crippen LogP) is 3.59. The van der Waals surface area contributed by atoms with E-state index in [0.29, 0.717) is 0 Å². The Morgan fingerprint density at radius 2 is 2.08 bits per heavy atom. The summed E-state index contributed by atoms with van der Waals surface area (Å²) >= 11 is 0. The molecule has 1 aliphatic rings. The lowest BCUT2D eigenvalue weighted by Gasteiger charge is -2.16. The molecule has 0 saturated carbocycles. The summed E-state index contributed by atoms with van der Waals surface area (Å²) in [6, 6.07) is 0. The minimum absolute atomic E-state index is 0.0541. The Labute approximate surface area is 80.8 Å². The molecular weight excluding hydrogens is 160 g/mol. The molecule has 0 spiro atoms. The van der Waals surface area contributed by atoms with Gasteiger partial charge in [-0.15, -0.1) is 0 Å². The van der Waals surface area contributed by atoms with Gasteiger partial charge in [0.15, 0.2) is 0 Å². The van der Waals surface area contributed by atoms with E-state index in [1.807, 2.05) is 12.2 Å². The Morgan fingerprint density at radius 1 is 1.46 bits per heavy atom. The van der Waals surface area contributed by atoms with Crippen LogP contribution in [0.4, 0.5) is 0 Å². The molecule has 1 rings (SSSR count). The van der Waals surface area contributed by atoms with Gasteiger partial charge in [0, 0.05) is 6.42 Å². The smallest absolute Gasteiger partial charge is 0.122 e. The second-order valence-electron chi connectivity index (χ2n) is 4.30. The highest BCUT2D eigenvalue weighted by molar-refractivity contribution is 5.36. The van der Waals surface area contributed by atoms with Crippen molar-refractivity contribution in [3.05, 3.63) is 35.6 Å². The Kier molecular flexibility index (Phi) is 2.65. The van der Waals surface area contributed by atoms with E-state index < -0.39 is 0 Å². The lowest BCUT2D eigenvalue weighted by Crippen LogP contribution is -2.15. The zero-order valence-electron chi connectivity index (χ0n) is 8.98. The largest absolute Gasteiger partial charge is 0.487 e. The van der Waals surface area contributed by atoms with Gasteiger partial charge in [-0.1, -0.05) is 18.7 Å². The standard InChI is InChI=1S/C12H18O/c1-6-7-10-8-12(4,5)13-11(10)9(2)3/h6-7H,1,8H2,2-5H3/b10-7-. The van der Waals surface area contributed by atoms with Crippen molar-refractivity contribution in [2.75, 3.05) is 0 Å². The Morgan fingerprint density at radius 3 is 2.54 bits per heavy atom. The Hall–Kier alpha value is -0.980. The number of rotatable bonds is 1. The molecule has 1 aliphatic heterocycles. The molecule has 1 fully saturated rings. The summed E-state index contributed by atoms with van der Waals surface area (Å²) in [5.74, 6) is 1.05. The highest BCUT2D eigenvalue weighted by Crippen LogP contribution is 2.38. The van der Waals surface area contributed by atoms with Gasteiger partial charge >= 0.3 is 0 Å². The summed E-state index contributed by atoms with van der Waals surface area (Å²) in [5.41, 5.74) is 2.44. The van der Waals surface area contributed by atoms with Crippen molar-refractivity contribution < 1.29 is 4.74 Å². The molecule has 1 saturated heterocycles. The highest BCUT2D eigenvalue weighted by Gasteiger charge is 2.32. The van der Waals surface area contributed by atoms with Crippen molar-refractivity contribution >= 4 is 0 Å². The van der Waals surface area contributed by atoms with Gasteiger partial charge in [-0.05, 0) is 38.8 Å². The zero-order chi connectivity index (χ0) is 10.1. The first-order chi connectivity index (χ1) is 5.96. The van der Waals surface area contributed by atoms with Gasteiger partial charge in [0.2, 0.25) is 0 Å². The van der Waals surface area contributed by atoms with Crippen molar-refractivity contribution in [2.45, 2.75) is 39.7 Å². The lowest BCUT2D eigenvalue weighted by molar-refractivity contribution is 0.0750. The molecule has 0 N–H and O–H groups in total. The third-order valence-electron chi connectivity index (χ3n) is 2.06. The van der Waals surface area contributed by atoms with Gasteiger partial charge in [0.25, 0.3) is 0 Å². The summed E-state index contributed by atoms with van der Waals surface area (Å²) in [7, 11) is 0. The molecule has 0 aliphatic carbocycles. The maximum atomic E-state index is 5.84. The van der Waals surface area contributed by atoms with Crippen molar-refractivity contribution in [1.82, 2.24) is 0 Å². The van der Waals surface area contributed by atoms with Gasteiger partial charge in [-0.3, -0.25) is 0 Å². The second kappa shape index (κ2) is 3.41. The van der Waals surface area contributed by atoms with Crippen LogP contribution in [0.1, 0.15) is 34.1 Å². The van der Waals surface area contributed by atoms with Gasteiger partial charge < -0.3 is 4.74 Å². The van der Waals surface area contributed by atoms with Crippen LogP contribution in [-0.4, -0.2) is 5.60 Å². The van der Waals surface area contributed by atoms with Crippen LogP contribution in [0.5, 0.6) is 0 Å². The van der Waals surface area contributed by atoms with E-state index in [-0.39, 0.29) is 5.60 Å². The molecule has 0 radical (unpaired) electrons. The molecule has 1 heterocycles. The van der Waals surface area contributed by atoms with Crippen molar-refractivity contribution in [3.8, 4) is 0 Å². The molecule has 0 aromatic rings. The van der Waals surface area contributed by atoms with E-state index in [1.54, 1.807) is 0 Å². The van der Waals surface area contributed by atoms with Gasteiger partial charge in [0.05, 0.1) is 0 Å². The van der Waals surface area contributed by atoms with Crippen LogP contribution in [0.15, 0.2) is 35.6 Å². The third kappa shape index (κ3) is 2.24. The summed E-state index contributed by atoms with van der Waals surface area (Å²) in [6.45, 7) is 12.1. The number of allylic oxidation sites excluding steroid dienone is 4. The Balaban J connectivity index is 3.05. The van der Waals surface area contributed by atoms with Crippen LogP contribution in [0, 0.1) is 0 Å². The highest BCUT2D eigenvalue weighted by atomic mass is 16.5. The number of ether oxygens (including phenoxy) is 1. The van der Waals surface area contributed by atoms with Gasteiger partial charge in [-0.2, -0.15) is 0 Å². The quantitative estimate of drug-likeness (QED) is 0.596. The SMILES string of the molecule is C=C/C=C1/CC(C)(C)OC1=C(C)C. The number of hydrogen-bond acceptors (Lipinski definition) is 1. The molecule has 1 heteroatoms. The molecule has 0 atom stereocenters. The molecular formula is C12H18O. The van der Waals surface area contributed by atoms with Crippen LogP contribution < -0.4 is 0 Å². The molecule has 72 valence electrons. The first-order valence-electron chi connectivity index (χ1n) is 4.65. The minimum atomic E-state index is -0.0541. The first kappa shape index (κ1) is 10.1. The fourth-order valence-electron chi connectivity index (χ4n) is 1.62. The molecule has 0 aromatic carbocycles. The maximum absolute atomic E-state index is 5.84. The van der Waals surface area contributed by atoms with Gasteiger partial charge in [-0.25, -0.2) is 0 Å². The van der Waals surface area contributed by atoms with Crippen LogP contribution >= 0.6 is 0 Å². The maximum Gasteiger partial charge on any atom is 0.122 e. The number of hydrogen-bond donors (Lipinski definition) is 0. The van der Waals surface area contributed by atoms with Gasteiger partial charge in [0.1, 0.15) is 11.4 Å². The van der Waals surface area contributed by atoms with E-state index in [9.17, 15) is 0 Å². The molecule has 13 heavy (non-hydrogen) atoms. The van der Waals surface area contributed by atoms with Crippen LogP contribution in [0.25, 0.3) is 0 Å². The minimum Gasteiger partial charge on any atom is -0.487 e. The molecule has 0 bridgehead atoms. The van der Waals surface area contributed by atoms with E-state index in [0.717, 1.165) is 12.2 Å². The summed E-state index contributed by atoms with van der Waals surface area (Å²) in [6.07, 6.45) is 4.83. The second-order valence-corrected chi connectivity index (χ2v) is 4.30. The third-order valence-corrected chi connectivity index (χ3v) is 2.06. The summed E-state index contributed by atoms with van der Waals surface area (Å²) in [5, 5.41) is 0. The molecule has 0 aromatic heterocycles. The van der Waals surface area contributed by atoms with E-state index in [4.69, 9.17) is 4.74 Å². The molecule has 0 amide bonds. The van der Waals surface area contributed by atoms with E-state index in [2.05, 4.69) is 34.3 Å². The van der Waals surface area contributed by atoms with E-state index >= 15 is 0 Å². The normalized spacial score (nSPS) is 23.1. The fraction of sp³-hybridized carbons (Fsp3) is 0.500. The molecule has 0 unspecified atom stereocenters. The van der Waals surface area contributed by atoms with Crippen molar-refractivity contribution in [3.63, 3.8) is 0 Å². The average Bonchev–Trinajstić information content (AvgIpc) is 2.26. The topological polar surface area (TPSA) is 9.23 Å². The van der Waals surface area contributed by atoms with Crippen molar-refractivity contribution in [1.29, 1.82) is 0 Å². The fourth-order valence-corrected chi connectivity index (χ4v) is 1.62. The lowest BCUT2D eigenvalue weighted by atomic mass is 10.0. The summed E-state index contributed by atoms with van der Waals surface area (Å²) in [4.78, 5) is 0. The summed E-state index contributed by atoms with van der Waals surface area (Å²) < 4.78 is 5.84. The predicted molar refractivity (Wildman–Crippen MR) is 56.4 cm³/mol. The van der Waals surface area contributed by atoms with Crippen LogP contribution in [0.2, 0.25) is 0 Å². The molecule has 1 nitrogen and oxygen atoms in total. The van der Waals surface area contributed by atoms with Crippen LogP contribution in [0.3, 0.4) is 0 Å². The average molecular weight is 178 g/mol. The monoisotopic (exact) mass is 178 g/mol. The van der Waals surface area contributed by atoms with E-state index in [1.165, 1.54) is 11.1 Å². The zero-order valence-corrected chi connectivity index (χ0v) is 8.98.